The molecular formula is C19H18N2O3. The molecule has 0 aromatic heterocycles. The highest BCUT2D eigenvalue weighted by atomic mass is 16.5. The molecule has 0 aliphatic rings. The number of carbonyl (C=O) groups is 2. The summed E-state index contributed by atoms with van der Waals surface area (Å²) in [6.07, 6.45) is -0.514. The second kappa shape index (κ2) is 9.01. The third-order valence-electron chi connectivity index (χ3n) is 2.95. The van der Waals surface area contributed by atoms with Gasteiger partial charge in [0.15, 0.2) is 0 Å². The number of carbonyl (C=O) groups excluding carboxylic acids is 2. The molecule has 2 amide bonds. The minimum absolute atomic E-state index is 0.136. The minimum atomic E-state index is -0.514. The van der Waals surface area contributed by atoms with Crippen LogP contribution in [0.2, 0.25) is 0 Å². The predicted octanol–water partition coefficient (Wildman–Crippen LogP) is 2.92. The van der Waals surface area contributed by atoms with E-state index >= 15 is 0 Å². The quantitative estimate of drug-likeness (QED) is 0.851. The van der Waals surface area contributed by atoms with Gasteiger partial charge in [0.05, 0.1) is 6.54 Å². The predicted molar refractivity (Wildman–Crippen MR) is 92.3 cm³/mol. The molecule has 0 bridgehead atoms. The summed E-state index contributed by atoms with van der Waals surface area (Å²) in [6, 6.07) is 16.6. The van der Waals surface area contributed by atoms with Gasteiger partial charge in [-0.3, -0.25) is 4.79 Å². The Kier molecular flexibility index (Phi) is 6.42. The fourth-order valence-electron chi connectivity index (χ4n) is 1.91. The third-order valence-corrected chi connectivity index (χ3v) is 2.95. The van der Waals surface area contributed by atoms with Crippen LogP contribution in [0.4, 0.5) is 10.5 Å². The lowest BCUT2D eigenvalue weighted by Crippen LogP contribution is -2.24. The van der Waals surface area contributed by atoms with Gasteiger partial charge in [-0.25, -0.2) is 4.79 Å². The maximum atomic E-state index is 11.6. The summed E-state index contributed by atoms with van der Waals surface area (Å²) < 4.78 is 5.08. The average Bonchev–Trinajstić information content (AvgIpc) is 2.58. The van der Waals surface area contributed by atoms with E-state index in [0.29, 0.717) is 5.69 Å². The summed E-state index contributed by atoms with van der Waals surface area (Å²) in [4.78, 5) is 22.6. The smallest absolute Gasteiger partial charge is 0.408 e. The molecule has 0 heterocycles. The van der Waals surface area contributed by atoms with Crippen LogP contribution in [-0.2, 0) is 16.1 Å². The summed E-state index contributed by atoms with van der Waals surface area (Å²) in [5.41, 5.74) is 2.36. The molecule has 2 aromatic rings. The lowest BCUT2D eigenvalue weighted by atomic mass is 10.2. The van der Waals surface area contributed by atoms with E-state index in [0.717, 1.165) is 11.1 Å². The van der Waals surface area contributed by atoms with Crippen molar-refractivity contribution in [3.05, 3.63) is 65.7 Å². The Labute approximate surface area is 141 Å². The summed E-state index contributed by atoms with van der Waals surface area (Å²) in [5, 5.41) is 5.26. The lowest BCUT2D eigenvalue weighted by molar-refractivity contribution is -0.114. The van der Waals surface area contributed by atoms with E-state index in [-0.39, 0.29) is 19.1 Å². The number of amides is 2. The average molecular weight is 322 g/mol. The Morgan fingerprint density at radius 3 is 2.62 bits per heavy atom. The molecule has 0 aliphatic heterocycles. The molecule has 2 aromatic carbocycles. The Hall–Kier alpha value is -3.26. The Morgan fingerprint density at radius 2 is 1.88 bits per heavy atom. The van der Waals surface area contributed by atoms with E-state index in [9.17, 15) is 9.59 Å². The van der Waals surface area contributed by atoms with Crippen LogP contribution in [0.15, 0.2) is 54.6 Å². The normalized spacial score (nSPS) is 9.38. The number of benzene rings is 2. The van der Waals surface area contributed by atoms with Crippen LogP contribution in [-0.4, -0.2) is 18.5 Å². The SMILES string of the molecule is CC(=O)Nc1cccc(C#CCNC(=O)OCc2ccccc2)c1. The van der Waals surface area contributed by atoms with Crippen molar-refractivity contribution in [3.8, 4) is 11.8 Å². The number of ether oxygens (including phenoxy) is 1. The molecule has 0 saturated heterocycles. The molecule has 5 heteroatoms. The first-order valence-corrected chi connectivity index (χ1v) is 7.44. The number of hydrogen-bond donors (Lipinski definition) is 2. The zero-order chi connectivity index (χ0) is 17.2. The number of hydrogen-bond acceptors (Lipinski definition) is 3. The molecule has 5 nitrogen and oxygen atoms in total. The van der Waals surface area contributed by atoms with Gasteiger partial charge in [0.25, 0.3) is 0 Å². The molecule has 2 N–H and O–H groups in total. The number of alkyl carbamates (subject to hydrolysis) is 1. The molecule has 24 heavy (non-hydrogen) atoms. The van der Waals surface area contributed by atoms with Crippen LogP contribution in [0.25, 0.3) is 0 Å². The summed E-state index contributed by atoms with van der Waals surface area (Å²) in [5.74, 6) is 5.62. The second-order valence-corrected chi connectivity index (χ2v) is 4.98. The van der Waals surface area contributed by atoms with Gasteiger partial charge in [-0.15, -0.1) is 0 Å². The van der Waals surface area contributed by atoms with Gasteiger partial charge in [-0.05, 0) is 23.8 Å². The van der Waals surface area contributed by atoms with Crippen LogP contribution >= 0.6 is 0 Å². The van der Waals surface area contributed by atoms with E-state index < -0.39 is 6.09 Å². The number of anilines is 1. The molecule has 0 radical (unpaired) electrons. The van der Waals surface area contributed by atoms with Gasteiger partial charge >= 0.3 is 6.09 Å². The van der Waals surface area contributed by atoms with Gasteiger partial charge < -0.3 is 15.4 Å². The number of nitrogens with one attached hydrogen (secondary N) is 2. The molecule has 2 rings (SSSR count). The van der Waals surface area contributed by atoms with E-state index in [4.69, 9.17) is 4.74 Å². The minimum Gasteiger partial charge on any atom is -0.445 e. The summed E-state index contributed by atoms with van der Waals surface area (Å²) >= 11 is 0. The molecule has 0 unspecified atom stereocenters. The maximum Gasteiger partial charge on any atom is 0.408 e. The van der Waals surface area contributed by atoms with Crippen LogP contribution in [0.5, 0.6) is 0 Å². The summed E-state index contributed by atoms with van der Waals surface area (Å²) in [6.45, 7) is 1.85. The van der Waals surface area contributed by atoms with Gasteiger partial charge in [-0.1, -0.05) is 48.2 Å². The van der Waals surface area contributed by atoms with E-state index in [1.165, 1.54) is 6.92 Å². The van der Waals surface area contributed by atoms with Crippen molar-refractivity contribution in [2.24, 2.45) is 0 Å². The molecule has 0 fully saturated rings. The number of rotatable bonds is 4. The van der Waals surface area contributed by atoms with Crippen molar-refractivity contribution in [3.63, 3.8) is 0 Å². The van der Waals surface area contributed by atoms with Crippen molar-refractivity contribution in [2.45, 2.75) is 13.5 Å². The van der Waals surface area contributed by atoms with Gasteiger partial charge in [0.2, 0.25) is 5.91 Å². The van der Waals surface area contributed by atoms with Crippen LogP contribution in [0.1, 0.15) is 18.1 Å². The maximum absolute atomic E-state index is 11.6. The first-order chi connectivity index (χ1) is 11.6. The Bertz CT molecular complexity index is 761. The highest BCUT2D eigenvalue weighted by Crippen LogP contribution is 2.09. The molecule has 0 spiro atoms. The van der Waals surface area contributed by atoms with Gasteiger partial charge in [0.1, 0.15) is 6.61 Å². The fraction of sp³-hybridized carbons (Fsp3) is 0.158. The van der Waals surface area contributed by atoms with Crippen molar-refractivity contribution >= 4 is 17.7 Å². The molecular weight excluding hydrogens is 304 g/mol. The first-order valence-electron chi connectivity index (χ1n) is 7.44. The first kappa shape index (κ1) is 17.1. The van der Waals surface area contributed by atoms with Gasteiger partial charge in [0, 0.05) is 18.2 Å². The Morgan fingerprint density at radius 1 is 1.08 bits per heavy atom. The molecule has 122 valence electrons. The van der Waals surface area contributed by atoms with Crippen LogP contribution < -0.4 is 10.6 Å². The van der Waals surface area contributed by atoms with E-state index in [1.807, 2.05) is 36.4 Å². The topological polar surface area (TPSA) is 67.4 Å². The van der Waals surface area contributed by atoms with E-state index in [1.54, 1.807) is 18.2 Å². The standard InChI is InChI=1S/C19H18N2O3/c1-15(22)21-18-11-5-9-16(13-18)10-6-12-20-19(23)24-14-17-7-3-2-4-8-17/h2-5,7-9,11,13H,12,14H2,1H3,(H,20,23)(H,21,22). The third kappa shape index (κ3) is 6.24. The van der Waals surface area contributed by atoms with Crippen molar-refractivity contribution < 1.29 is 14.3 Å². The highest BCUT2D eigenvalue weighted by molar-refractivity contribution is 5.88. The zero-order valence-electron chi connectivity index (χ0n) is 13.3. The van der Waals surface area contributed by atoms with Crippen LogP contribution in [0, 0.1) is 11.8 Å². The molecule has 0 saturated carbocycles. The van der Waals surface area contributed by atoms with Crippen molar-refractivity contribution in [1.82, 2.24) is 5.32 Å². The monoisotopic (exact) mass is 322 g/mol. The molecule has 0 aliphatic carbocycles. The lowest BCUT2D eigenvalue weighted by Gasteiger charge is -2.04. The van der Waals surface area contributed by atoms with Gasteiger partial charge in [-0.2, -0.15) is 0 Å². The Balaban J connectivity index is 1.77. The van der Waals surface area contributed by atoms with Crippen molar-refractivity contribution in [1.29, 1.82) is 0 Å². The second-order valence-electron chi connectivity index (χ2n) is 4.98. The highest BCUT2D eigenvalue weighted by Gasteiger charge is 2.00. The van der Waals surface area contributed by atoms with Crippen molar-refractivity contribution in [2.75, 3.05) is 11.9 Å². The van der Waals surface area contributed by atoms with E-state index in [2.05, 4.69) is 22.5 Å². The zero-order valence-corrected chi connectivity index (χ0v) is 13.3. The fourth-order valence-corrected chi connectivity index (χ4v) is 1.91. The molecule has 0 atom stereocenters. The summed E-state index contributed by atoms with van der Waals surface area (Å²) in [7, 11) is 0. The largest absolute Gasteiger partial charge is 0.445 e. The van der Waals surface area contributed by atoms with Crippen LogP contribution in [0.3, 0.4) is 0 Å².